The minimum absolute atomic E-state index is 0.530. The van der Waals surface area contributed by atoms with Gasteiger partial charge in [0.2, 0.25) is 0 Å². The number of carbonyl (C=O) groups excluding carboxylic acids is 2. The standard InChI is InChI=1S/C20H17N3O4/c1-26-16-11-9-15(10-12-16)22-19(24)13-21-27-20(25)23-18-8-4-6-14-5-2-3-7-17(14)18/h2-13H,1H3,(H,22,24)(H,23,25). The summed E-state index contributed by atoms with van der Waals surface area (Å²) >= 11 is 0. The van der Waals surface area contributed by atoms with E-state index >= 15 is 0 Å². The molecule has 7 heteroatoms. The number of ether oxygens (including phenoxy) is 1. The summed E-state index contributed by atoms with van der Waals surface area (Å²) in [6.45, 7) is 0. The highest BCUT2D eigenvalue weighted by molar-refractivity contribution is 6.31. The van der Waals surface area contributed by atoms with Crippen LogP contribution in [0.15, 0.2) is 71.9 Å². The molecule has 0 aliphatic heterocycles. The number of amides is 2. The molecule has 0 heterocycles. The van der Waals surface area contributed by atoms with Gasteiger partial charge >= 0.3 is 6.09 Å². The van der Waals surface area contributed by atoms with Crippen molar-refractivity contribution in [1.29, 1.82) is 0 Å². The molecule has 0 aliphatic rings. The zero-order valence-electron chi connectivity index (χ0n) is 14.5. The molecule has 0 atom stereocenters. The van der Waals surface area contributed by atoms with Crippen molar-refractivity contribution in [3.63, 3.8) is 0 Å². The minimum atomic E-state index is -0.792. The molecule has 0 radical (unpaired) electrons. The molecule has 0 fully saturated rings. The van der Waals surface area contributed by atoms with Crippen molar-refractivity contribution >= 4 is 40.4 Å². The van der Waals surface area contributed by atoms with E-state index in [1.54, 1.807) is 37.4 Å². The van der Waals surface area contributed by atoms with Crippen molar-refractivity contribution in [1.82, 2.24) is 0 Å². The summed E-state index contributed by atoms with van der Waals surface area (Å²) in [6.07, 6.45) is 0.0901. The van der Waals surface area contributed by atoms with Crippen LogP contribution in [0.2, 0.25) is 0 Å². The highest BCUT2D eigenvalue weighted by Crippen LogP contribution is 2.23. The number of benzene rings is 3. The Hall–Kier alpha value is -3.87. The van der Waals surface area contributed by atoms with E-state index in [4.69, 9.17) is 4.74 Å². The Balaban J connectivity index is 1.54. The Kier molecular flexibility index (Phi) is 5.64. The Morgan fingerprint density at radius 3 is 2.44 bits per heavy atom. The summed E-state index contributed by atoms with van der Waals surface area (Å²) in [6, 6.07) is 19.9. The topological polar surface area (TPSA) is 89.0 Å². The predicted molar refractivity (Wildman–Crippen MR) is 104 cm³/mol. The van der Waals surface area contributed by atoms with Gasteiger partial charge in [-0.1, -0.05) is 41.6 Å². The maximum absolute atomic E-state index is 11.9. The van der Waals surface area contributed by atoms with Gasteiger partial charge in [-0.2, -0.15) is 0 Å². The van der Waals surface area contributed by atoms with Crippen LogP contribution in [-0.4, -0.2) is 25.3 Å². The second-order valence-electron chi connectivity index (χ2n) is 5.48. The highest BCUT2D eigenvalue weighted by atomic mass is 16.7. The van der Waals surface area contributed by atoms with Crippen molar-refractivity contribution in [3.8, 4) is 5.75 Å². The molecule has 7 nitrogen and oxygen atoms in total. The van der Waals surface area contributed by atoms with E-state index in [0.29, 0.717) is 17.1 Å². The highest BCUT2D eigenvalue weighted by Gasteiger charge is 2.06. The third-order valence-electron chi connectivity index (χ3n) is 3.69. The first-order chi connectivity index (χ1) is 13.2. The molecular formula is C20H17N3O4. The van der Waals surface area contributed by atoms with E-state index in [1.807, 2.05) is 36.4 Å². The summed E-state index contributed by atoms with van der Waals surface area (Å²) in [5.74, 6) is 0.147. The van der Waals surface area contributed by atoms with Gasteiger partial charge in [-0.05, 0) is 35.7 Å². The van der Waals surface area contributed by atoms with Gasteiger partial charge in [0.15, 0.2) is 0 Å². The number of fused-ring (bicyclic) bond motifs is 1. The van der Waals surface area contributed by atoms with E-state index in [9.17, 15) is 9.59 Å². The summed E-state index contributed by atoms with van der Waals surface area (Å²) in [4.78, 5) is 28.3. The van der Waals surface area contributed by atoms with Crippen LogP contribution in [0.5, 0.6) is 5.75 Å². The molecular weight excluding hydrogens is 346 g/mol. The Bertz CT molecular complexity index is 979. The predicted octanol–water partition coefficient (Wildman–Crippen LogP) is 4.02. The molecule has 0 saturated heterocycles. The largest absolute Gasteiger partial charge is 0.497 e. The average molecular weight is 363 g/mol. The van der Waals surface area contributed by atoms with Crippen LogP contribution >= 0.6 is 0 Å². The van der Waals surface area contributed by atoms with Crippen LogP contribution in [0.4, 0.5) is 16.2 Å². The fourth-order valence-corrected chi connectivity index (χ4v) is 2.44. The van der Waals surface area contributed by atoms with Gasteiger partial charge < -0.3 is 10.1 Å². The lowest BCUT2D eigenvalue weighted by Crippen LogP contribution is -2.15. The van der Waals surface area contributed by atoms with Crippen LogP contribution in [0, 0.1) is 0 Å². The summed E-state index contributed by atoms with van der Waals surface area (Å²) in [5, 5.41) is 10.4. The number of nitrogens with one attached hydrogen (secondary N) is 2. The smallest absolute Gasteiger partial charge is 0.437 e. The first kappa shape index (κ1) is 17.9. The molecule has 0 saturated carbocycles. The van der Waals surface area contributed by atoms with Crippen LogP contribution in [0.25, 0.3) is 10.8 Å². The van der Waals surface area contributed by atoms with E-state index in [0.717, 1.165) is 17.0 Å². The third kappa shape index (κ3) is 4.82. The number of methoxy groups -OCH3 is 1. The lowest BCUT2D eigenvalue weighted by atomic mass is 10.1. The van der Waals surface area contributed by atoms with Crippen molar-refractivity contribution in [3.05, 3.63) is 66.7 Å². The summed E-state index contributed by atoms with van der Waals surface area (Å²) in [7, 11) is 1.56. The molecule has 3 aromatic carbocycles. The van der Waals surface area contributed by atoms with Crippen molar-refractivity contribution in [2.45, 2.75) is 0 Å². The van der Waals surface area contributed by atoms with Gasteiger partial charge in [0.1, 0.15) is 12.0 Å². The molecule has 3 rings (SSSR count). The summed E-state index contributed by atoms with van der Waals surface area (Å²) < 4.78 is 5.04. The van der Waals surface area contributed by atoms with Crippen molar-refractivity contribution in [2.75, 3.05) is 17.7 Å². The molecule has 0 bridgehead atoms. The number of oxime groups is 1. The molecule has 0 unspecified atom stereocenters. The lowest BCUT2D eigenvalue weighted by molar-refractivity contribution is -0.110. The molecule has 27 heavy (non-hydrogen) atoms. The van der Waals surface area contributed by atoms with Gasteiger partial charge in [0.05, 0.1) is 12.8 Å². The second-order valence-corrected chi connectivity index (χ2v) is 5.48. The normalized spacial score (nSPS) is 10.6. The zero-order chi connectivity index (χ0) is 19.1. The number of rotatable bonds is 5. The van der Waals surface area contributed by atoms with Gasteiger partial charge in [-0.3, -0.25) is 14.9 Å². The van der Waals surface area contributed by atoms with Crippen LogP contribution < -0.4 is 15.4 Å². The van der Waals surface area contributed by atoms with Crippen molar-refractivity contribution in [2.24, 2.45) is 5.16 Å². The first-order valence-corrected chi connectivity index (χ1v) is 8.10. The molecule has 0 aliphatic carbocycles. The van der Waals surface area contributed by atoms with Gasteiger partial charge in [-0.15, -0.1) is 0 Å². The van der Waals surface area contributed by atoms with Crippen LogP contribution in [-0.2, 0) is 9.63 Å². The van der Waals surface area contributed by atoms with E-state index < -0.39 is 12.0 Å². The molecule has 2 N–H and O–H groups in total. The Morgan fingerprint density at radius 1 is 0.926 bits per heavy atom. The van der Waals surface area contributed by atoms with Crippen LogP contribution in [0.3, 0.4) is 0 Å². The average Bonchev–Trinajstić information content (AvgIpc) is 2.69. The third-order valence-corrected chi connectivity index (χ3v) is 3.69. The monoisotopic (exact) mass is 363 g/mol. The number of anilines is 2. The Morgan fingerprint density at radius 2 is 1.67 bits per heavy atom. The molecule has 3 aromatic rings. The first-order valence-electron chi connectivity index (χ1n) is 8.10. The van der Waals surface area contributed by atoms with E-state index in [1.165, 1.54) is 0 Å². The van der Waals surface area contributed by atoms with Gasteiger partial charge in [0, 0.05) is 11.1 Å². The van der Waals surface area contributed by atoms with Gasteiger partial charge in [-0.25, -0.2) is 4.79 Å². The fourth-order valence-electron chi connectivity index (χ4n) is 2.44. The number of hydrogen-bond acceptors (Lipinski definition) is 5. The number of hydrogen-bond donors (Lipinski definition) is 2. The maximum Gasteiger partial charge on any atom is 0.437 e. The number of nitrogens with zero attached hydrogens (tertiary/aromatic N) is 1. The van der Waals surface area contributed by atoms with Gasteiger partial charge in [0.25, 0.3) is 5.91 Å². The van der Waals surface area contributed by atoms with E-state index in [-0.39, 0.29) is 0 Å². The van der Waals surface area contributed by atoms with Crippen LogP contribution in [0.1, 0.15) is 0 Å². The molecule has 2 amide bonds. The lowest BCUT2D eigenvalue weighted by Gasteiger charge is -2.06. The molecule has 0 spiro atoms. The van der Waals surface area contributed by atoms with E-state index in [2.05, 4.69) is 20.6 Å². The molecule has 136 valence electrons. The SMILES string of the molecule is COc1ccc(NC(=O)C=NOC(=O)Nc2cccc3ccccc23)cc1. The zero-order valence-corrected chi connectivity index (χ0v) is 14.5. The maximum atomic E-state index is 11.9. The van der Waals surface area contributed by atoms with Crippen molar-refractivity contribution < 1.29 is 19.2 Å². The summed E-state index contributed by atoms with van der Waals surface area (Å²) in [5.41, 5.74) is 1.16. The minimum Gasteiger partial charge on any atom is -0.497 e. The fraction of sp³-hybridized carbons (Fsp3) is 0.0500. The number of carbonyl (C=O) groups is 2. The quantitative estimate of drug-likeness (QED) is 0.407. The Labute approximate surface area is 155 Å². The molecule has 0 aromatic heterocycles. The second kappa shape index (κ2) is 8.48.